The highest BCUT2D eigenvalue weighted by molar-refractivity contribution is 5.99. The fourth-order valence-electron chi connectivity index (χ4n) is 3.33. The van der Waals surface area contributed by atoms with Gasteiger partial charge in [-0.25, -0.2) is 0 Å². The quantitative estimate of drug-likeness (QED) is 0.557. The summed E-state index contributed by atoms with van der Waals surface area (Å²) >= 11 is 0. The predicted molar refractivity (Wildman–Crippen MR) is 119 cm³/mol. The molecule has 0 aromatic heterocycles. The van der Waals surface area contributed by atoms with E-state index >= 15 is 0 Å². The molecular weight excluding hydrogens is 382 g/mol. The Labute approximate surface area is 175 Å². The number of rotatable bonds is 8. The van der Waals surface area contributed by atoms with Gasteiger partial charge in [-0.05, 0) is 24.1 Å². The Balaban J connectivity index is 1.94. The summed E-state index contributed by atoms with van der Waals surface area (Å²) in [6.07, 6.45) is 0.735. The molecule has 0 saturated heterocycles. The number of nitrogens with one attached hydrogen (secondary N) is 2. The summed E-state index contributed by atoms with van der Waals surface area (Å²) in [6, 6.07) is 14.7. The van der Waals surface area contributed by atoms with E-state index in [1.165, 1.54) is 12.0 Å². The number of anilines is 3. The summed E-state index contributed by atoms with van der Waals surface area (Å²) in [4.78, 5) is 38.4. The average Bonchev–Trinajstić information content (AvgIpc) is 2.78. The molecule has 0 saturated carbocycles. The van der Waals surface area contributed by atoms with Gasteiger partial charge in [0.1, 0.15) is 11.4 Å². The lowest BCUT2D eigenvalue weighted by Gasteiger charge is -2.23. The maximum absolute atomic E-state index is 12.4. The van der Waals surface area contributed by atoms with Gasteiger partial charge in [0.25, 0.3) is 16.8 Å². The number of methoxy groups -OCH3 is 1. The molecule has 156 valence electrons. The minimum atomic E-state index is -0.605. The first-order valence-electron chi connectivity index (χ1n) is 9.69. The highest BCUT2D eigenvalue weighted by atomic mass is 16.5. The first-order chi connectivity index (χ1) is 14.4. The lowest BCUT2D eigenvalue weighted by molar-refractivity contribution is 0.0824. The van der Waals surface area contributed by atoms with Crippen molar-refractivity contribution >= 4 is 23.0 Å². The smallest absolute Gasteiger partial charge is 0.257 e. The number of ether oxygens (including phenoxy) is 1. The van der Waals surface area contributed by atoms with Crippen molar-refractivity contribution in [3.63, 3.8) is 0 Å². The SMILES string of the molecule is CC[C@@H](Nc1c(Nc2cccc(C(=O)N(C)C)c2OC)c(=O)c1=O)c1ccccc1. The third-order valence-corrected chi connectivity index (χ3v) is 4.95. The highest BCUT2D eigenvalue weighted by Gasteiger charge is 2.25. The van der Waals surface area contributed by atoms with Crippen LogP contribution in [0.1, 0.15) is 35.3 Å². The van der Waals surface area contributed by atoms with E-state index in [1.807, 2.05) is 37.3 Å². The van der Waals surface area contributed by atoms with Crippen molar-refractivity contribution in [2.45, 2.75) is 19.4 Å². The molecule has 1 atom stereocenters. The van der Waals surface area contributed by atoms with Crippen molar-refractivity contribution in [1.29, 1.82) is 0 Å². The summed E-state index contributed by atoms with van der Waals surface area (Å²) < 4.78 is 5.44. The molecule has 2 N–H and O–H groups in total. The van der Waals surface area contributed by atoms with Crippen LogP contribution >= 0.6 is 0 Å². The van der Waals surface area contributed by atoms with Gasteiger partial charge in [0.15, 0.2) is 5.75 Å². The highest BCUT2D eigenvalue weighted by Crippen LogP contribution is 2.34. The molecule has 0 bridgehead atoms. The molecule has 30 heavy (non-hydrogen) atoms. The summed E-state index contributed by atoms with van der Waals surface area (Å²) in [6.45, 7) is 2.00. The van der Waals surface area contributed by atoms with Crippen LogP contribution in [0.15, 0.2) is 58.1 Å². The Hall–Kier alpha value is -3.61. The van der Waals surface area contributed by atoms with E-state index in [0.717, 1.165) is 12.0 Å². The fourth-order valence-corrected chi connectivity index (χ4v) is 3.33. The minimum absolute atomic E-state index is 0.112. The van der Waals surface area contributed by atoms with E-state index in [-0.39, 0.29) is 23.3 Å². The van der Waals surface area contributed by atoms with Gasteiger partial charge < -0.3 is 20.3 Å². The minimum Gasteiger partial charge on any atom is -0.494 e. The number of hydrogen-bond acceptors (Lipinski definition) is 6. The van der Waals surface area contributed by atoms with E-state index in [9.17, 15) is 14.4 Å². The van der Waals surface area contributed by atoms with Crippen molar-refractivity contribution in [3.8, 4) is 5.75 Å². The molecule has 0 fully saturated rings. The standard InChI is InChI=1S/C23H25N3O4/c1-5-16(14-10-7-6-8-11-14)24-18-19(21(28)20(18)27)25-17-13-9-12-15(22(17)30-4)23(29)26(2)3/h6-13,16,24-25H,5H2,1-4H3/t16-/m1/s1. The molecular formula is C23H25N3O4. The maximum atomic E-state index is 12.4. The Morgan fingerprint density at radius 3 is 2.27 bits per heavy atom. The predicted octanol–water partition coefficient (Wildman–Crippen LogP) is 3.30. The largest absolute Gasteiger partial charge is 0.494 e. The molecule has 0 unspecified atom stereocenters. The number of amides is 1. The lowest BCUT2D eigenvalue weighted by Crippen LogP contribution is -2.37. The van der Waals surface area contributed by atoms with Crippen molar-refractivity contribution < 1.29 is 9.53 Å². The first-order valence-corrected chi connectivity index (χ1v) is 9.69. The Morgan fingerprint density at radius 1 is 1.00 bits per heavy atom. The third kappa shape index (κ3) is 3.91. The Morgan fingerprint density at radius 2 is 1.67 bits per heavy atom. The topological polar surface area (TPSA) is 87.7 Å². The zero-order valence-corrected chi connectivity index (χ0v) is 17.5. The Bertz CT molecular complexity index is 1120. The zero-order valence-electron chi connectivity index (χ0n) is 17.5. The monoisotopic (exact) mass is 407 g/mol. The summed E-state index contributed by atoms with van der Waals surface area (Å²) in [7, 11) is 4.75. The lowest BCUT2D eigenvalue weighted by atomic mass is 10.0. The number of carbonyl (C=O) groups excluding carboxylic acids is 1. The van der Waals surface area contributed by atoms with Gasteiger partial charge in [-0.3, -0.25) is 14.4 Å². The van der Waals surface area contributed by atoms with Gasteiger partial charge in [-0.2, -0.15) is 0 Å². The molecule has 0 heterocycles. The van der Waals surface area contributed by atoms with Crippen LogP contribution < -0.4 is 26.2 Å². The van der Waals surface area contributed by atoms with Crippen LogP contribution in [0.3, 0.4) is 0 Å². The molecule has 3 aromatic rings. The molecule has 3 rings (SSSR count). The number of nitrogens with zero attached hydrogens (tertiary/aromatic N) is 1. The fraction of sp³-hybridized carbons (Fsp3) is 0.261. The van der Waals surface area contributed by atoms with Crippen LogP contribution in [0.25, 0.3) is 0 Å². The molecule has 7 nitrogen and oxygen atoms in total. The van der Waals surface area contributed by atoms with Gasteiger partial charge in [0, 0.05) is 14.1 Å². The molecule has 7 heteroatoms. The molecule has 0 aliphatic carbocycles. The van der Waals surface area contributed by atoms with E-state index in [1.54, 1.807) is 32.3 Å². The van der Waals surface area contributed by atoms with Gasteiger partial charge in [0.2, 0.25) is 0 Å². The normalized spacial score (nSPS) is 11.7. The second-order valence-corrected chi connectivity index (χ2v) is 7.14. The number of benzene rings is 2. The van der Waals surface area contributed by atoms with Crippen LogP contribution in [-0.2, 0) is 0 Å². The average molecular weight is 407 g/mol. The maximum Gasteiger partial charge on any atom is 0.257 e. The van der Waals surface area contributed by atoms with E-state index in [0.29, 0.717) is 17.0 Å². The van der Waals surface area contributed by atoms with Gasteiger partial charge in [0.05, 0.1) is 24.4 Å². The second-order valence-electron chi connectivity index (χ2n) is 7.14. The molecule has 3 aromatic carbocycles. The van der Waals surface area contributed by atoms with Gasteiger partial charge in [-0.15, -0.1) is 0 Å². The van der Waals surface area contributed by atoms with Crippen molar-refractivity contribution in [1.82, 2.24) is 4.90 Å². The number of para-hydroxylation sites is 1. The number of carbonyl (C=O) groups is 1. The van der Waals surface area contributed by atoms with Gasteiger partial charge >= 0.3 is 0 Å². The van der Waals surface area contributed by atoms with E-state index in [2.05, 4.69) is 10.6 Å². The third-order valence-electron chi connectivity index (χ3n) is 4.95. The van der Waals surface area contributed by atoms with Crippen molar-refractivity contribution in [2.75, 3.05) is 31.8 Å². The summed E-state index contributed by atoms with van der Waals surface area (Å²) in [5.41, 5.74) is 1.06. The molecule has 0 aliphatic heterocycles. The van der Waals surface area contributed by atoms with Crippen LogP contribution in [0.5, 0.6) is 5.75 Å². The molecule has 0 radical (unpaired) electrons. The van der Waals surface area contributed by atoms with E-state index < -0.39 is 10.9 Å². The summed E-state index contributed by atoms with van der Waals surface area (Å²) in [5.74, 6) is 0.0827. The van der Waals surface area contributed by atoms with Crippen molar-refractivity contribution in [2.24, 2.45) is 0 Å². The van der Waals surface area contributed by atoms with Gasteiger partial charge in [-0.1, -0.05) is 43.3 Å². The molecule has 1 amide bonds. The first kappa shape index (κ1) is 21.1. The van der Waals surface area contributed by atoms with Crippen LogP contribution in [-0.4, -0.2) is 32.0 Å². The van der Waals surface area contributed by atoms with Crippen LogP contribution in [0, 0.1) is 0 Å². The molecule has 0 aliphatic rings. The number of hydrogen-bond donors (Lipinski definition) is 2. The van der Waals surface area contributed by atoms with Crippen molar-refractivity contribution in [3.05, 3.63) is 80.1 Å². The molecule has 0 spiro atoms. The Kier molecular flexibility index (Phi) is 6.20. The zero-order chi connectivity index (χ0) is 21.8. The van der Waals surface area contributed by atoms with Crippen LogP contribution in [0.2, 0.25) is 0 Å². The summed E-state index contributed by atoms with van der Waals surface area (Å²) in [5, 5.41) is 6.19. The van der Waals surface area contributed by atoms with E-state index in [4.69, 9.17) is 4.74 Å². The second kappa shape index (κ2) is 8.82. The van der Waals surface area contributed by atoms with Crippen LogP contribution in [0.4, 0.5) is 17.1 Å².